The lowest BCUT2D eigenvalue weighted by Crippen LogP contribution is -2.47. The van der Waals surface area contributed by atoms with Crippen molar-refractivity contribution in [2.75, 3.05) is 20.1 Å². The second-order valence-corrected chi connectivity index (χ2v) is 5.43. The van der Waals surface area contributed by atoms with Gasteiger partial charge in [-0.1, -0.05) is 0 Å². The van der Waals surface area contributed by atoms with E-state index in [1.165, 1.54) is 4.31 Å². The van der Waals surface area contributed by atoms with Gasteiger partial charge < -0.3 is 5.32 Å². The summed E-state index contributed by atoms with van der Waals surface area (Å²) in [5.41, 5.74) is 0. The van der Waals surface area contributed by atoms with E-state index in [1.807, 2.05) is 7.05 Å². The van der Waals surface area contributed by atoms with Gasteiger partial charge >= 0.3 is 0 Å². The average Bonchev–Trinajstić information content (AvgIpc) is 2.15. The van der Waals surface area contributed by atoms with Crippen LogP contribution in [0.3, 0.4) is 0 Å². The zero-order valence-electron chi connectivity index (χ0n) is 8.73. The van der Waals surface area contributed by atoms with Crippen LogP contribution in [0.25, 0.3) is 0 Å². The van der Waals surface area contributed by atoms with Gasteiger partial charge in [-0.3, -0.25) is 0 Å². The summed E-state index contributed by atoms with van der Waals surface area (Å²) in [6.45, 7) is 3.17. The van der Waals surface area contributed by atoms with E-state index in [0.717, 1.165) is 12.8 Å². The van der Waals surface area contributed by atoms with Crippen LogP contribution < -0.4 is 10.5 Å². The third-order valence-electron chi connectivity index (χ3n) is 2.94. The molecule has 1 aliphatic heterocycles. The van der Waals surface area contributed by atoms with Gasteiger partial charge in [-0.05, 0) is 32.7 Å². The fourth-order valence-corrected chi connectivity index (χ4v) is 2.63. The van der Waals surface area contributed by atoms with Gasteiger partial charge in [0.1, 0.15) is 0 Å². The van der Waals surface area contributed by atoms with Crippen LogP contribution in [0.1, 0.15) is 19.8 Å². The smallest absolute Gasteiger partial charge is 0.276 e. The SMILES string of the molecule is CNC(C)C1CCCN(S(N)(=O)=O)C1. The Balaban J connectivity index is 2.61. The number of piperidine rings is 1. The standard InChI is InChI=1S/C8H19N3O2S/c1-7(10-2)8-4-3-5-11(6-8)14(9,12)13/h7-8,10H,3-6H2,1-2H3,(H2,9,12,13). The van der Waals surface area contributed by atoms with E-state index in [-0.39, 0.29) is 0 Å². The number of hydrogen-bond acceptors (Lipinski definition) is 3. The molecule has 1 rings (SSSR count). The van der Waals surface area contributed by atoms with Crippen molar-refractivity contribution >= 4 is 10.2 Å². The van der Waals surface area contributed by atoms with E-state index < -0.39 is 10.2 Å². The van der Waals surface area contributed by atoms with Crippen molar-refractivity contribution in [2.24, 2.45) is 11.1 Å². The predicted molar refractivity (Wildman–Crippen MR) is 55.9 cm³/mol. The highest BCUT2D eigenvalue weighted by atomic mass is 32.2. The number of nitrogens with one attached hydrogen (secondary N) is 1. The summed E-state index contributed by atoms with van der Waals surface area (Å²) < 4.78 is 23.6. The molecule has 0 saturated carbocycles. The molecule has 14 heavy (non-hydrogen) atoms. The molecular formula is C8H19N3O2S. The van der Waals surface area contributed by atoms with E-state index in [4.69, 9.17) is 5.14 Å². The molecule has 1 saturated heterocycles. The van der Waals surface area contributed by atoms with E-state index in [1.54, 1.807) is 0 Å². The summed E-state index contributed by atoms with van der Waals surface area (Å²) in [6.07, 6.45) is 1.96. The van der Waals surface area contributed by atoms with Crippen molar-refractivity contribution in [2.45, 2.75) is 25.8 Å². The lowest BCUT2D eigenvalue weighted by Gasteiger charge is -2.33. The molecule has 0 bridgehead atoms. The maximum Gasteiger partial charge on any atom is 0.276 e. The van der Waals surface area contributed by atoms with Gasteiger partial charge in [-0.25, -0.2) is 5.14 Å². The Labute approximate surface area is 85.8 Å². The molecular weight excluding hydrogens is 202 g/mol. The molecule has 0 aliphatic carbocycles. The normalized spacial score (nSPS) is 27.5. The summed E-state index contributed by atoms with van der Waals surface area (Å²) in [7, 11) is -1.61. The molecule has 0 amide bonds. The Bertz CT molecular complexity index is 278. The molecule has 2 unspecified atom stereocenters. The van der Waals surface area contributed by atoms with Crippen LogP contribution in [-0.2, 0) is 10.2 Å². The molecule has 6 heteroatoms. The quantitative estimate of drug-likeness (QED) is 0.675. The highest BCUT2D eigenvalue weighted by Crippen LogP contribution is 2.20. The van der Waals surface area contributed by atoms with Crippen LogP contribution in [0.4, 0.5) is 0 Å². The zero-order valence-corrected chi connectivity index (χ0v) is 9.55. The van der Waals surface area contributed by atoms with Crippen molar-refractivity contribution in [1.82, 2.24) is 9.62 Å². The molecule has 0 spiro atoms. The molecule has 1 aliphatic rings. The Morgan fingerprint density at radius 1 is 1.57 bits per heavy atom. The Morgan fingerprint density at radius 2 is 2.21 bits per heavy atom. The Morgan fingerprint density at radius 3 is 2.71 bits per heavy atom. The summed E-state index contributed by atoms with van der Waals surface area (Å²) >= 11 is 0. The van der Waals surface area contributed by atoms with Crippen molar-refractivity contribution in [1.29, 1.82) is 0 Å². The van der Waals surface area contributed by atoms with E-state index in [9.17, 15) is 8.42 Å². The summed E-state index contributed by atoms with van der Waals surface area (Å²) in [5, 5.41) is 8.24. The maximum absolute atomic E-state index is 11.1. The topological polar surface area (TPSA) is 75.4 Å². The van der Waals surface area contributed by atoms with Gasteiger partial charge in [0.25, 0.3) is 10.2 Å². The molecule has 1 heterocycles. The van der Waals surface area contributed by atoms with Crippen LogP contribution >= 0.6 is 0 Å². The second kappa shape index (κ2) is 4.57. The number of hydrogen-bond donors (Lipinski definition) is 2. The van der Waals surface area contributed by atoms with E-state index in [0.29, 0.717) is 25.0 Å². The number of nitrogens with two attached hydrogens (primary N) is 1. The average molecular weight is 221 g/mol. The first-order valence-corrected chi connectivity index (χ1v) is 6.40. The minimum absolute atomic E-state index is 0.333. The molecule has 0 aromatic rings. The van der Waals surface area contributed by atoms with Crippen LogP contribution in [-0.4, -0.2) is 38.9 Å². The second-order valence-electron chi connectivity index (χ2n) is 3.88. The molecule has 1 fully saturated rings. The molecule has 0 aromatic carbocycles. The first-order chi connectivity index (χ1) is 6.45. The van der Waals surface area contributed by atoms with Gasteiger partial charge in [0.2, 0.25) is 0 Å². The minimum Gasteiger partial charge on any atom is -0.317 e. The lowest BCUT2D eigenvalue weighted by molar-refractivity contribution is 0.229. The van der Waals surface area contributed by atoms with E-state index in [2.05, 4.69) is 12.2 Å². The highest BCUT2D eigenvalue weighted by Gasteiger charge is 2.28. The highest BCUT2D eigenvalue weighted by molar-refractivity contribution is 7.86. The first kappa shape index (κ1) is 11.9. The fraction of sp³-hybridized carbons (Fsp3) is 1.00. The lowest BCUT2D eigenvalue weighted by atomic mass is 9.93. The number of nitrogens with zero attached hydrogens (tertiary/aromatic N) is 1. The van der Waals surface area contributed by atoms with Crippen molar-refractivity contribution in [3.05, 3.63) is 0 Å². The third kappa shape index (κ3) is 2.91. The van der Waals surface area contributed by atoms with E-state index >= 15 is 0 Å². The summed E-state index contributed by atoms with van der Waals surface area (Å²) in [6, 6.07) is 0.333. The van der Waals surface area contributed by atoms with Crippen LogP contribution in [0.15, 0.2) is 0 Å². The van der Waals surface area contributed by atoms with Crippen LogP contribution in [0.2, 0.25) is 0 Å². The minimum atomic E-state index is -3.49. The van der Waals surface area contributed by atoms with Gasteiger partial charge in [0, 0.05) is 19.1 Å². The predicted octanol–water partition coefficient (Wildman–Crippen LogP) is -0.490. The van der Waals surface area contributed by atoms with Crippen molar-refractivity contribution in [3.8, 4) is 0 Å². The van der Waals surface area contributed by atoms with Gasteiger partial charge in [0.15, 0.2) is 0 Å². The maximum atomic E-state index is 11.1. The summed E-state index contributed by atoms with van der Waals surface area (Å²) in [4.78, 5) is 0. The fourth-order valence-electron chi connectivity index (χ4n) is 1.85. The Kier molecular flexibility index (Phi) is 3.88. The molecule has 3 N–H and O–H groups in total. The number of rotatable bonds is 3. The summed E-state index contributed by atoms with van der Waals surface area (Å²) in [5.74, 6) is 0.368. The van der Waals surface area contributed by atoms with Crippen molar-refractivity contribution in [3.63, 3.8) is 0 Å². The monoisotopic (exact) mass is 221 g/mol. The van der Waals surface area contributed by atoms with Gasteiger partial charge in [-0.15, -0.1) is 0 Å². The van der Waals surface area contributed by atoms with Crippen LogP contribution in [0.5, 0.6) is 0 Å². The molecule has 0 aromatic heterocycles. The molecule has 5 nitrogen and oxygen atoms in total. The first-order valence-electron chi connectivity index (χ1n) is 4.90. The molecule has 84 valence electrons. The van der Waals surface area contributed by atoms with Gasteiger partial charge in [-0.2, -0.15) is 12.7 Å². The zero-order chi connectivity index (χ0) is 10.8. The molecule has 0 radical (unpaired) electrons. The largest absolute Gasteiger partial charge is 0.317 e. The van der Waals surface area contributed by atoms with Crippen LogP contribution in [0, 0.1) is 5.92 Å². The van der Waals surface area contributed by atoms with Gasteiger partial charge in [0.05, 0.1) is 0 Å². The Hall–Kier alpha value is -0.170. The molecule has 2 atom stereocenters. The third-order valence-corrected chi connectivity index (χ3v) is 3.99. The van der Waals surface area contributed by atoms with Crippen molar-refractivity contribution < 1.29 is 8.42 Å².